The van der Waals surface area contributed by atoms with E-state index in [1.54, 1.807) is 13.2 Å². The molecule has 3 rings (SSSR count). The molecule has 1 aromatic carbocycles. The maximum atomic E-state index is 10.8. The van der Waals surface area contributed by atoms with Crippen molar-refractivity contribution in [3.8, 4) is 11.8 Å². The van der Waals surface area contributed by atoms with Crippen LogP contribution in [-0.2, 0) is 4.74 Å². The lowest BCUT2D eigenvalue weighted by atomic mass is 9.69. The van der Waals surface area contributed by atoms with Crippen LogP contribution in [0, 0.1) is 16.7 Å². The molecular weight excluding hydrogens is 322 g/mol. The van der Waals surface area contributed by atoms with Gasteiger partial charge in [0.05, 0.1) is 25.4 Å². The van der Waals surface area contributed by atoms with Crippen LogP contribution >= 0.6 is 15.9 Å². The number of hydrogen-bond donors (Lipinski definition) is 1. The summed E-state index contributed by atoms with van der Waals surface area (Å²) in [7, 11) is 1.57. The number of benzene rings is 1. The number of ether oxygens (including phenoxy) is 2. The van der Waals surface area contributed by atoms with Crippen molar-refractivity contribution in [2.45, 2.75) is 37.6 Å². The highest BCUT2D eigenvalue weighted by Crippen LogP contribution is 2.55. The van der Waals surface area contributed by atoms with Crippen molar-refractivity contribution in [2.24, 2.45) is 5.41 Å². The molecule has 0 spiro atoms. The van der Waals surface area contributed by atoms with Gasteiger partial charge < -0.3 is 14.6 Å². The van der Waals surface area contributed by atoms with Crippen molar-refractivity contribution < 1.29 is 14.6 Å². The van der Waals surface area contributed by atoms with Gasteiger partial charge in [-0.15, -0.1) is 0 Å². The third kappa shape index (κ3) is 1.95. The summed E-state index contributed by atoms with van der Waals surface area (Å²) in [6, 6.07) is 7.79. The minimum atomic E-state index is -0.907. The number of aliphatic hydroxyl groups is 1. The zero-order valence-corrected chi connectivity index (χ0v) is 12.8. The van der Waals surface area contributed by atoms with Gasteiger partial charge in [0.25, 0.3) is 0 Å². The van der Waals surface area contributed by atoms with Crippen LogP contribution < -0.4 is 4.74 Å². The molecule has 5 heteroatoms. The Kier molecular flexibility index (Phi) is 3.49. The Morgan fingerprint density at radius 3 is 2.90 bits per heavy atom. The Balaban J connectivity index is 2.02. The third-order valence-corrected chi connectivity index (χ3v) is 4.92. The second kappa shape index (κ2) is 5.03. The Morgan fingerprint density at radius 2 is 2.35 bits per heavy atom. The number of methoxy groups -OCH3 is 1. The summed E-state index contributed by atoms with van der Waals surface area (Å²) in [5.74, 6) is 0.595. The lowest BCUT2D eigenvalue weighted by Crippen LogP contribution is -2.37. The number of fused-ring (bicyclic) bond motifs is 2. The first kappa shape index (κ1) is 13.9. The molecule has 1 N–H and O–H groups in total. The molecule has 4 nitrogen and oxygen atoms in total. The molecule has 0 aliphatic carbocycles. The molecule has 2 saturated heterocycles. The molecule has 4 atom stereocenters. The van der Waals surface area contributed by atoms with Crippen LogP contribution in [0.4, 0.5) is 0 Å². The molecule has 2 fully saturated rings. The van der Waals surface area contributed by atoms with Gasteiger partial charge in [-0.1, -0.05) is 15.9 Å². The van der Waals surface area contributed by atoms with Crippen LogP contribution in [0.15, 0.2) is 22.7 Å². The molecule has 2 aliphatic heterocycles. The van der Waals surface area contributed by atoms with Crippen LogP contribution in [0.2, 0.25) is 0 Å². The minimum absolute atomic E-state index is 0.104. The lowest BCUT2D eigenvalue weighted by molar-refractivity contribution is 0.00232. The average Bonchev–Trinajstić information content (AvgIpc) is 3.07. The van der Waals surface area contributed by atoms with E-state index in [2.05, 4.69) is 22.0 Å². The third-order valence-electron chi connectivity index (χ3n) is 4.43. The fourth-order valence-electron chi connectivity index (χ4n) is 3.41. The van der Waals surface area contributed by atoms with E-state index in [4.69, 9.17) is 9.47 Å². The second-order valence-corrected chi connectivity index (χ2v) is 6.38. The number of hydrogen-bond acceptors (Lipinski definition) is 4. The highest BCUT2D eigenvalue weighted by molar-refractivity contribution is 9.10. The number of aliphatic hydroxyl groups excluding tert-OH is 1. The zero-order chi connectivity index (χ0) is 14.3. The van der Waals surface area contributed by atoms with E-state index in [9.17, 15) is 10.4 Å². The Morgan fingerprint density at radius 1 is 1.55 bits per heavy atom. The van der Waals surface area contributed by atoms with Crippen LogP contribution in [0.1, 0.15) is 30.9 Å². The lowest BCUT2D eigenvalue weighted by Gasteiger charge is -2.33. The molecule has 0 saturated carbocycles. The van der Waals surface area contributed by atoms with Gasteiger partial charge in [-0.3, -0.25) is 0 Å². The van der Waals surface area contributed by atoms with E-state index in [1.165, 1.54) is 0 Å². The van der Waals surface area contributed by atoms with Gasteiger partial charge in [0, 0.05) is 10.0 Å². The van der Waals surface area contributed by atoms with Crippen molar-refractivity contribution >= 4 is 15.9 Å². The van der Waals surface area contributed by atoms with E-state index in [0.717, 1.165) is 17.3 Å². The summed E-state index contributed by atoms with van der Waals surface area (Å²) in [5, 5.41) is 20.5. The highest BCUT2D eigenvalue weighted by atomic mass is 79.9. The Labute approximate surface area is 126 Å². The number of nitriles is 1. The standard InChI is InChI=1S/C15H16BrNO3/c1-19-12-4-2-9(16)6-11(12)14(18)15(8-17)7-10-3-5-13(15)20-10/h2,4,6,10,13-14,18H,3,5,7H2,1H3. The zero-order valence-electron chi connectivity index (χ0n) is 11.2. The second-order valence-electron chi connectivity index (χ2n) is 5.47. The van der Waals surface area contributed by atoms with Gasteiger partial charge in [-0.25, -0.2) is 0 Å². The van der Waals surface area contributed by atoms with E-state index in [-0.39, 0.29) is 12.2 Å². The minimum Gasteiger partial charge on any atom is -0.496 e. The van der Waals surface area contributed by atoms with Gasteiger partial charge >= 0.3 is 0 Å². The van der Waals surface area contributed by atoms with Crippen molar-refractivity contribution in [3.05, 3.63) is 28.2 Å². The van der Waals surface area contributed by atoms with E-state index in [0.29, 0.717) is 17.7 Å². The summed E-state index contributed by atoms with van der Waals surface area (Å²) >= 11 is 3.40. The van der Waals surface area contributed by atoms with Crippen molar-refractivity contribution in [2.75, 3.05) is 7.11 Å². The topological polar surface area (TPSA) is 62.5 Å². The van der Waals surface area contributed by atoms with Crippen LogP contribution in [-0.4, -0.2) is 24.4 Å². The summed E-state index contributed by atoms with van der Waals surface area (Å²) in [5.41, 5.74) is -0.226. The van der Waals surface area contributed by atoms with Crippen molar-refractivity contribution in [1.29, 1.82) is 5.26 Å². The molecule has 2 heterocycles. The fourth-order valence-corrected chi connectivity index (χ4v) is 3.78. The van der Waals surface area contributed by atoms with Gasteiger partial charge in [0.2, 0.25) is 0 Å². The first-order valence-electron chi connectivity index (χ1n) is 6.69. The predicted octanol–water partition coefficient (Wildman–Crippen LogP) is 2.95. The number of rotatable bonds is 3. The van der Waals surface area contributed by atoms with E-state index in [1.807, 2.05) is 12.1 Å². The van der Waals surface area contributed by atoms with Crippen molar-refractivity contribution in [1.82, 2.24) is 0 Å². The molecule has 4 unspecified atom stereocenters. The van der Waals surface area contributed by atoms with E-state index >= 15 is 0 Å². The SMILES string of the molecule is COc1ccc(Br)cc1C(O)C1(C#N)CC2CCC1O2. The maximum absolute atomic E-state index is 10.8. The van der Waals surface area contributed by atoms with Gasteiger partial charge in [-0.05, 0) is 37.5 Å². The van der Waals surface area contributed by atoms with Gasteiger partial charge in [0.15, 0.2) is 0 Å². The van der Waals surface area contributed by atoms with E-state index < -0.39 is 11.5 Å². The largest absolute Gasteiger partial charge is 0.496 e. The Bertz CT molecular complexity index is 571. The van der Waals surface area contributed by atoms with Gasteiger partial charge in [-0.2, -0.15) is 5.26 Å². The smallest absolute Gasteiger partial charge is 0.124 e. The molecule has 0 amide bonds. The predicted molar refractivity (Wildman–Crippen MR) is 76.2 cm³/mol. The van der Waals surface area contributed by atoms with Gasteiger partial charge in [0.1, 0.15) is 17.3 Å². The number of halogens is 1. The fraction of sp³-hybridized carbons (Fsp3) is 0.533. The quantitative estimate of drug-likeness (QED) is 0.920. The molecule has 20 heavy (non-hydrogen) atoms. The van der Waals surface area contributed by atoms with Crippen molar-refractivity contribution in [3.63, 3.8) is 0 Å². The number of nitrogens with zero attached hydrogens (tertiary/aromatic N) is 1. The van der Waals surface area contributed by atoms with Crippen LogP contribution in [0.3, 0.4) is 0 Å². The Hall–Kier alpha value is -1.09. The molecule has 1 aromatic rings. The summed E-state index contributed by atoms with van der Waals surface area (Å²) in [6.45, 7) is 0. The average molecular weight is 338 g/mol. The summed E-state index contributed by atoms with van der Waals surface area (Å²) in [4.78, 5) is 0. The normalized spacial score (nSPS) is 32.9. The molecular formula is C15H16BrNO3. The highest BCUT2D eigenvalue weighted by Gasteiger charge is 2.57. The molecule has 2 aliphatic rings. The van der Waals surface area contributed by atoms with Crippen LogP contribution in [0.25, 0.3) is 0 Å². The molecule has 0 radical (unpaired) electrons. The molecule has 0 aromatic heterocycles. The molecule has 2 bridgehead atoms. The first-order chi connectivity index (χ1) is 9.60. The van der Waals surface area contributed by atoms with Crippen LogP contribution in [0.5, 0.6) is 5.75 Å². The maximum Gasteiger partial charge on any atom is 0.124 e. The first-order valence-corrected chi connectivity index (χ1v) is 7.48. The summed E-state index contributed by atoms with van der Waals surface area (Å²) < 4.78 is 12.0. The monoisotopic (exact) mass is 337 g/mol. The molecule has 106 valence electrons. The summed E-state index contributed by atoms with van der Waals surface area (Å²) in [6.07, 6.45) is 1.42.